The molecule has 7 heteroatoms. The van der Waals surface area contributed by atoms with Gasteiger partial charge in [0, 0.05) is 18.1 Å². The van der Waals surface area contributed by atoms with Crippen molar-refractivity contribution in [2.24, 2.45) is 11.3 Å². The van der Waals surface area contributed by atoms with Crippen LogP contribution in [0.5, 0.6) is 5.75 Å². The molecule has 20 heavy (non-hydrogen) atoms. The van der Waals surface area contributed by atoms with Gasteiger partial charge in [-0.15, -0.1) is 0 Å². The van der Waals surface area contributed by atoms with Crippen molar-refractivity contribution in [1.82, 2.24) is 0 Å². The molecule has 1 aromatic carbocycles. The van der Waals surface area contributed by atoms with Gasteiger partial charge in [0.15, 0.2) is 5.75 Å². The van der Waals surface area contributed by atoms with Gasteiger partial charge in [0.25, 0.3) is 0 Å². The van der Waals surface area contributed by atoms with E-state index in [4.69, 9.17) is 27.9 Å². The minimum atomic E-state index is -0.537. The fourth-order valence-corrected chi connectivity index (χ4v) is 2.51. The molecule has 1 atom stereocenters. The summed E-state index contributed by atoms with van der Waals surface area (Å²) >= 11 is 16.0. The fourth-order valence-electron chi connectivity index (χ4n) is 1.54. The number of halogens is 2. The van der Waals surface area contributed by atoms with E-state index < -0.39 is 4.92 Å². The molecule has 0 bridgehead atoms. The zero-order valence-electron chi connectivity index (χ0n) is 11.5. The van der Waals surface area contributed by atoms with Gasteiger partial charge in [-0.25, -0.2) is 0 Å². The van der Waals surface area contributed by atoms with E-state index in [1.54, 1.807) is 0 Å². The molecule has 1 aromatic rings. The van der Waals surface area contributed by atoms with Crippen molar-refractivity contribution < 1.29 is 9.66 Å². The van der Waals surface area contributed by atoms with E-state index in [0.29, 0.717) is 12.4 Å². The van der Waals surface area contributed by atoms with Gasteiger partial charge in [-0.3, -0.25) is 10.1 Å². The van der Waals surface area contributed by atoms with Crippen LogP contribution < -0.4 is 4.74 Å². The summed E-state index contributed by atoms with van der Waals surface area (Å²) in [7, 11) is 0. The summed E-state index contributed by atoms with van der Waals surface area (Å²) in [5, 5.41) is 11.4. The second kappa shape index (κ2) is 6.87. The SMILES string of the molecule is CC(C)(C)C(CS)COc1cc(Cl)c(Cl)cc1[N+](=O)[O-]. The van der Waals surface area contributed by atoms with Crippen LogP contribution in [0.2, 0.25) is 10.0 Å². The standard InChI is InChI=1S/C13H17Cl2NO3S/c1-13(2,3)8(7-20)6-19-12-5-10(15)9(14)4-11(12)16(17)18/h4-5,8,20H,6-7H2,1-3H3. The Morgan fingerprint density at radius 2 is 1.90 bits per heavy atom. The molecule has 0 radical (unpaired) electrons. The quantitative estimate of drug-likeness (QED) is 0.473. The van der Waals surface area contributed by atoms with Crippen LogP contribution in [0.4, 0.5) is 5.69 Å². The molecule has 0 aliphatic heterocycles. The topological polar surface area (TPSA) is 52.4 Å². The molecule has 1 unspecified atom stereocenters. The van der Waals surface area contributed by atoms with Crippen LogP contribution in [-0.4, -0.2) is 17.3 Å². The zero-order valence-corrected chi connectivity index (χ0v) is 13.9. The Morgan fingerprint density at radius 3 is 2.35 bits per heavy atom. The molecule has 0 N–H and O–H groups in total. The normalized spacial score (nSPS) is 13.1. The second-order valence-electron chi connectivity index (χ2n) is 5.55. The van der Waals surface area contributed by atoms with Crippen LogP contribution in [0.15, 0.2) is 12.1 Å². The van der Waals surface area contributed by atoms with Crippen molar-refractivity contribution in [2.45, 2.75) is 20.8 Å². The molecule has 0 spiro atoms. The minimum Gasteiger partial charge on any atom is -0.486 e. The number of nitro benzene ring substituents is 1. The molecule has 0 amide bonds. The van der Waals surface area contributed by atoms with Gasteiger partial charge in [-0.05, 0) is 11.2 Å². The number of hydrogen-bond donors (Lipinski definition) is 1. The first kappa shape index (κ1) is 17.4. The number of thiol groups is 1. The largest absolute Gasteiger partial charge is 0.486 e. The third kappa shape index (κ3) is 4.43. The number of benzene rings is 1. The van der Waals surface area contributed by atoms with Gasteiger partial charge >= 0.3 is 5.69 Å². The summed E-state index contributed by atoms with van der Waals surface area (Å²) in [6.45, 7) is 6.54. The predicted octanol–water partition coefficient (Wildman–Crippen LogP) is 4.87. The average molecular weight is 338 g/mol. The molecule has 112 valence electrons. The lowest BCUT2D eigenvalue weighted by molar-refractivity contribution is -0.385. The highest BCUT2D eigenvalue weighted by atomic mass is 35.5. The zero-order chi connectivity index (χ0) is 15.5. The van der Waals surface area contributed by atoms with Crippen LogP contribution in [0.3, 0.4) is 0 Å². The lowest BCUT2D eigenvalue weighted by atomic mass is 9.82. The highest BCUT2D eigenvalue weighted by Crippen LogP contribution is 2.36. The van der Waals surface area contributed by atoms with Crippen LogP contribution in [-0.2, 0) is 0 Å². The summed E-state index contributed by atoms with van der Waals surface area (Å²) in [6.07, 6.45) is 0. The molecule has 0 fully saturated rings. The molecular weight excluding hydrogens is 321 g/mol. The first-order valence-corrected chi connectivity index (χ1v) is 7.42. The monoisotopic (exact) mass is 337 g/mol. The Kier molecular flexibility index (Phi) is 5.98. The number of nitro groups is 1. The molecular formula is C13H17Cl2NO3S. The molecule has 1 rings (SSSR count). The minimum absolute atomic E-state index is 0.00719. The number of rotatable bonds is 5. The lowest BCUT2D eigenvalue weighted by Gasteiger charge is -2.29. The third-order valence-electron chi connectivity index (χ3n) is 3.08. The Morgan fingerprint density at radius 1 is 1.35 bits per heavy atom. The van der Waals surface area contributed by atoms with Crippen molar-refractivity contribution in [3.05, 3.63) is 32.3 Å². The molecule has 0 aliphatic rings. The molecule has 0 saturated heterocycles. The summed E-state index contributed by atoms with van der Waals surface area (Å²) in [4.78, 5) is 10.5. The van der Waals surface area contributed by atoms with Gasteiger partial charge in [0.2, 0.25) is 0 Å². The first-order chi connectivity index (χ1) is 9.16. The van der Waals surface area contributed by atoms with Crippen molar-refractivity contribution in [1.29, 1.82) is 0 Å². The predicted molar refractivity (Wildman–Crippen MR) is 85.4 cm³/mol. The maximum absolute atomic E-state index is 11.0. The van der Waals surface area contributed by atoms with E-state index in [1.165, 1.54) is 12.1 Å². The van der Waals surface area contributed by atoms with E-state index in [-0.39, 0.29) is 32.8 Å². The lowest BCUT2D eigenvalue weighted by Crippen LogP contribution is -2.28. The van der Waals surface area contributed by atoms with Crippen LogP contribution in [0.25, 0.3) is 0 Å². The highest BCUT2D eigenvalue weighted by molar-refractivity contribution is 7.80. The summed E-state index contributed by atoms with van der Waals surface area (Å²) < 4.78 is 5.58. The second-order valence-corrected chi connectivity index (χ2v) is 6.73. The summed E-state index contributed by atoms with van der Waals surface area (Å²) in [6, 6.07) is 2.58. The van der Waals surface area contributed by atoms with E-state index >= 15 is 0 Å². The van der Waals surface area contributed by atoms with Crippen LogP contribution in [0.1, 0.15) is 20.8 Å². The van der Waals surface area contributed by atoms with Crippen molar-refractivity contribution in [2.75, 3.05) is 12.4 Å². The van der Waals surface area contributed by atoms with Crippen molar-refractivity contribution >= 4 is 41.5 Å². The average Bonchev–Trinajstić information content (AvgIpc) is 2.31. The number of hydrogen-bond acceptors (Lipinski definition) is 4. The summed E-state index contributed by atoms with van der Waals surface area (Å²) in [5.74, 6) is 0.902. The highest BCUT2D eigenvalue weighted by Gasteiger charge is 2.26. The molecule has 0 saturated carbocycles. The van der Waals surface area contributed by atoms with E-state index in [0.717, 1.165) is 0 Å². The van der Waals surface area contributed by atoms with Crippen LogP contribution in [0, 0.1) is 21.4 Å². The van der Waals surface area contributed by atoms with Crippen LogP contribution >= 0.6 is 35.8 Å². The molecule has 4 nitrogen and oxygen atoms in total. The van der Waals surface area contributed by atoms with E-state index in [2.05, 4.69) is 33.4 Å². The van der Waals surface area contributed by atoms with E-state index in [1.807, 2.05) is 0 Å². The first-order valence-electron chi connectivity index (χ1n) is 6.04. The Labute approximate surface area is 134 Å². The number of ether oxygens (including phenoxy) is 1. The van der Waals surface area contributed by atoms with Gasteiger partial charge < -0.3 is 4.74 Å². The van der Waals surface area contributed by atoms with Gasteiger partial charge in [-0.2, -0.15) is 12.6 Å². The maximum atomic E-state index is 11.0. The van der Waals surface area contributed by atoms with Crippen molar-refractivity contribution in [3.8, 4) is 5.75 Å². The summed E-state index contributed by atoms with van der Waals surface area (Å²) in [5.41, 5.74) is -0.196. The van der Waals surface area contributed by atoms with Gasteiger partial charge in [0.05, 0.1) is 21.6 Å². The fraction of sp³-hybridized carbons (Fsp3) is 0.538. The Balaban J connectivity index is 2.97. The van der Waals surface area contributed by atoms with Gasteiger partial charge in [-0.1, -0.05) is 44.0 Å². The smallest absolute Gasteiger partial charge is 0.312 e. The third-order valence-corrected chi connectivity index (χ3v) is 4.25. The van der Waals surface area contributed by atoms with E-state index in [9.17, 15) is 10.1 Å². The number of nitrogens with zero attached hydrogens (tertiary/aromatic N) is 1. The molecule has 0 aromatic heterocycles. The van der Waals surface area contributed by atoms with Crippen molar-refractivity contribution in [3.63, 3.8) is 0 Å². The maximum Gasteiger partial charge on any atom is 0.312 e. The Bertz CT molecular complexity index is 503. The van der Waals surface area contributed by atoms with Gasteiger partial charge in [0.1, 0.15) is 0 Å². The molecule has 0 aliphatic carbocycles. The Hall–Kier alpha value is -0.650. The molecule has 0 heterocycles.